The zero-order valence-corrected chi connectivity index (χ0v) is 15.2. The Morgan fingerprint density at radius 1 is 1.25 bits per heavy atom. The molecule has 3 rings (SSSR count). The predicted molar refractivity (Wildman–Crippen MR) is 101 cm³/mol. The highest BCUT2D eigenvalue weighted by Crippen LogP contribution is 2.26. The molecule has 0 unspecified atom stereocenters. The summed E-state index contributed by atoms with van der Waals surface area (Å²) in [6.07, 6.45) is 2.49. The van der Waals surface area contributed by atoms with Gasteiger partial charge in [-0.2, -0.15) is 0 Å². The maximum atomic E-state index is 12.4. The third-order valence-corrected chi connectivity index (χ3v) is 5.66. The van der Waals surface area contributed by atoms with Crippen molar-refractivity contribution in [3.63, 3.8) is 0 Å². The Labute approximate surface area is 147 Å². The number of hydrogen-bond donors (Lipinski definition) is 2. The summed E-state index contributed by atoms with van der Waals surface area (Å²) < 4.78 is 0. The van der Waals surface area contributed by atoms with Crippen LogP contribution in [0.4, 0.5) is 16.5 Å². The van der Waals surface area contributed by atoms with Crippen LogP contribution in [0, 0.1) is 12.8 Å². The minimum atomic E-state index is -0.106. The molecular weight excluding hydrogens is 320 g/mol. The molecule has 2 heterocycles. The first-order valence-electron chi connectivity index (χ1n) is 8.38. The highest BCUT2D eigenvalue weighted by Gasteiger charge is 2.17. The second-order valence-corrected chi connectivity index (χ2v) is 7.35. The fourth-order valence-corrected chi connectivity index (χ4v) is 3.74. The van der Waals surface area contributed by atoms with Crippen LogP contribution >= 0.6 is 11.3 Å². The van der Waals surface area contributed by atoms with Gasteiger partial charge in [-0.1, -0.05) is 18.3 Å². The van der Waals surface area contributed by atoms with Gasteiger partial charge in [0.15, 0.2) is 5.13 Å². The van der Waals surface area contributed by atoms with E-state index in [9.17, 15) is 4.79 Å². The number of aryl methyl sites for hydroxylation is 1. The van der Waals surface area contributed by atoms with Gasteiger partial charge in [0.2, 0.25) is 0 Å². The summed E-state index contributed by atoms with van der Waals surface area (Å²) in [5, 5.41) is 6.69. The summed E-state index contributed by atoms with van der Waals surface area (Å²) in [7, 11) is 1.81. The predicted octanol–water partition coefficient (Wildman–Crippen LogP) is 3.98. The van der Waals surface area contributed by atoms with Crippen LogP contribution in [0.2, 0.25) is 0 Å². The van der Waals surface area contributed by atoms with Gasteiger partial charge in [0, 0.05) is 31.5 Å². The number of nitrogens with zero attached hydrogens (tertiary/aromatic N) is 2. The van der Waals surface area contributed by atoms with Gasteiger partial charge < -0.3 is 15.5 Å². The molecule has 1 aromatic carbocycles. The van der Waals surface area contributed by atoms with Crippen LogP contribution in [0.15, 0.2) is 24.3 Å². The SMILES string of the molecule is CNc1nc(C)c(C(=O)Nc2ccc(N3CCC(C)CC3)cc2)s1. The Balaban J connectivity index is 1.65. The van der Waals surface area contributed by atoms with E-state index in [0.29, 0.717) is 4.88 Å². The molecule has 0 radical (unpaired) electrons. The van der Waals surface area contributed by atoms with Gasteiger partial charge in [-0.25, -0.2) is 4.98 Å². The third-order valence-electron chi connectivity index (χ3n) is 4.49. The molecule has 1 fully saturated rings. The summed E-state index contributed by atoms with van der Waals surface area (Å²) in [5.74, 6) is 0.719. The minimum Gasteiger partial charge on any atom is -0.372 e. The van der Waals surface area contributed by atoms with Crippen molar-refractivity contribution in [2.45, 2.75) is 26.7 Å². The van der Waals surface area contributed by atoms with Crippen molar-refractivity contribution >= 4 is 33.8 Å². The van der Waals surface area contributed by atoms with Crippen LogP contribution in [0.1, 0.15) is 35.1 Å². The number of rotatable bonds is 4. The van der Waals surface area contributed by atoms with E-state index in [1.807, 2.05) is 19.1 Å². The van der Waals surface area contributed by atoms with Crippen molar-refractivity contribution in [2.24, 2.45) is 5.92 Å². The number of piperidine rings is 1. The lowest BCUT2D eigenvalue weighted by Crippen LogP contribution is -2.32. The van der Waals surface area contributed by atoms with Gasteiger partial charge in [-0.05, 0) is 49.9 Å². The van der Waals surface area contributed by atoms with Crippen LogP contribution in [-0.4, -0.2) is 31.0 Å². The van der Waals surface area contributed by atoms with Crippen LogP contribution in [0.3, 0.4) is 0 Å². The maximum Gasteiger partial charge on any atom is 0.267 e. The summed E-state index contributed by atoms with van der Waals surface area (Å²) in [4.78, 5) is 19.8. The minimum absolute atomic E-state index is 0.106. The summed E-state index contributed by atoms with van der Waals surface area (Å²) in [6, 6.07) is 8.12. The van der Waals surface area contributed by atoms with E-state index in [-0.39, 0.29) is 5.91 Å². The number of amides is 1. The molecule has 0 spiro atoms. The van der Waals surface area contributed by atoms with Crippen molar-refractivity contribution in [1.82, 2.24) is 4.98 Å². The van der Waals surface area contributed by atoms with Crippen LogP contribution < -0.4 is 15.5 Å². The molecule has 0 aliphatic carbocycles. The second kappa shape index (κ2) is 7.21. The summed E-state index contributed by atoms with van der Waals surface area (Å²) in [6.45, 7) is 6.39. The topological polar surface area (TPSA) is 57.3 Å². The molecule has 1 aromatic heterocycles. The molecule has 0 saturated carbocycles. The van der Waals surface area contributed by atoms with Crippen molar-refractivity contribution in [3.05, 3.63) is 34.8 Å². The van der Waals surface area contributed by atoms with Crippen molar-refractivity contribution in [3.8, 4) is 0 Å². The molecule has 1 saturated heterocycles. The zero-order chi connectivity index (χ0) is 17.1. The largest absolute Gasteiger partial charge is 0.372 e. The molecule has 5 nitrogen and oxygen atoms in total. The molecule has 1 amide bonds. The third kappa shape index (κ3) is 3.70. The standard InChI is InChI=1S/C18H24N4OS/c1-12-8-10-22(11-9-12)15-6-4-14(5-7-15)21-17(23)16-13(2)20-18(19-3)24-16/h4-7,12H,8-11H2,1-3H3,(H,19,20)(H,21,23). The first-order chi connectivity index (χ1) is 11.6. The van der Waals surface area contributed by atoms with Crippen molar-refractivity contribution in [1.29, 1.82) is 0 Å². The molecule has 6 heteroatoms. The van der Waals surface area contributed by atoms with Crippen molar-refractivity contribution in [2.75, 3.05) is 35.7 Å². The molecular formula is C18H24N4OS. The summed E-state index contributed by atoms with van der Waals surface area (Å²) in [5.41, 5.74) is 2.79. The van der Waals surface area contributed by atoms with E-state index >= 15 is 0 Å². The number of hydrogen-bond acceptors (Lipinski definition) is 5. The highest BCUT2D eigenvalue weighted by molar-refractivity contribution is 7.17. The second-order valence-electron chi connectivity index (χ2n) is 6.35. The molecule has 0 atom stereocenters. The smallest absolute Gasteiger partial charge is 0.267 e. The Morgan fingerprint density at radius 3 is 2.50 bits per heavy atom. The van der Waals surface area contributed by atoms with E-state index in [1.54, 1.807) is 7.05 Å². The van der Waals surface area contributed by atoms with E-state index in [0.717, 1.165) is 35.5 Å². The number of carbonyl (C=O) groups excluding carboxylic acids is 1. The lowest BCUT2D eigenvalue weighted by atomic mass is 9.99. The van der Waals surface area contributed by atoms with Gasteiger partial charge in [-0.3, -0.25) is 4.79 Å². The number of thiazole rings is 1. The molecule has 2 N–H and O–H groups in total. The lowest BCUT2D eigenvalue weighted by Gasteiger charge is -2.32. The Hall–Kier alpha value is -2.08. The monoisotopic (exact) mass is 344 g/mol. The Kier molecular flexibility index (Phi) is 5.04. The number of carbonyl (C=O) groups is 1. The normalized spacial score (nSPS) is 15.4. The molecule has 128 valence electrons. The van der Waals surface area contributed by atoms with Crippen LogP contribution in [0.25, 0.3) is 0 Å². The van der Waals surface area contributed by atoms with Gasteiger partial charge in [0.05, 0.1) is 5.69 Å². The number of nitrogens with one attached hydrogen (secondary N) is 2. The Bertz CT molecular complexity index is 702. The average Bonchev–Trinajstić information content (AvgIpc) is 2.97. The quantitative estimate of drug-likeness (QED) is 0.881. The van der Waals surface area contributed by atoms with Gasteiger partial charge in [0.1, 0.15) is 4.88 Å². The van der Waals surface area contributed by atoms with Gasteiger partial charge in [-0.15, -0.1) is 0 Å². The first kappa shape index (κ1) is 16.8. The lowest BCUT2D eigenvalue weighted by molar-refractivity contribution is 0.103. The van der Waals surface area contributed by atoms with E-state index in [4.69, 9.17) is 0 Å². The molecule has 1 aliphatic rings. The zero-order valence-electron chi connectivity index (χ0n) is 14.4. The van der Waals surface area contributed by atoms with Gasteiger partial charge in [0.25, 0.3) is 5.91 Å². The molecule has 1 aliphatic heterocycles. The number of anilines is 3. The summed E-state index contributed by atoms with van der Waals surface area (Å²) >= 11 is 1.37. The van der Waals surface area contributed by atoms with E-state index < -0.39 is 0 Å². The molecule has 24 heavy (non-hydrogen) atoms. The van der Waals surface area contributed by atoms with E-state index in [1.165, 1.54) is 29.9 Å². The fraction of sp³-hybridized carbons (Fsp3) is 0.444. The Morgan fingerprint density at radius 2 is 1.92 bits per heavy atom. The fourth-order valence-electron chi connectivity index (χ4n) is 2.92. The average molecular weight is 344 g/mol. The molecule has 0 bridgehead atoms. The van der Waals surface area contributed by atoms with Crippen molar-refractivity contribution < 1.29 is 4.79 Å². The van der Waals surface area contributed by atoms with Crippen LogP contribution in [-0.2, 0) is 0 Å². The van der Waals surface area contributed by atoms with E-state index in [2.05, 4.69) is 39.6 Å². The molecule has 2 aromatic rings. The van der Waals surface area contributed by atoms with Crippen LogP contribution in [0.5, 0.6) is 0 Å². The highest BCUT2D eigenvalue weighted by atomic mass is 32.1. The van der Waals surface area contributed by atoms with Gasteiger partial charge >= 0.3 is 0 Å². The number of aromatic nitrogens is 1. The first-order valence-corrected chi connectivity index (χ1v) is 9.20. The maximum absolute atomic E-state index is 12.4. The number of benzene rings is 1.